The van der Waals surface area contributed by atoms with Crippen LogP contribution in [-0.2, 0) is 19.0 Å². The molecule has 1 rings (SSSR count). The largest absolute Gasteiger partial charge is 0.378 e. The van der Waals surface area contributed by atoms with E-state index in [4.69, 9.17) is 10.3 Å². The average Bonchev–Trinajstić information content (AvgIpc) is 2.34. The van der Waals surface area contributed by atoms with Gasteiger partial charge in [-0.05, 0) is 5.53 Å². The minimum Gasteiger partial charge on any atom is -0.378 e. The summed E-state index contributed by atoms with van der Waals surface area (Å²) < 4.78 is 31.0. The molecule has 0 aromatic rings. The van der Waals surface area contributed by atoms with Crippen molar-refractivity contribution in [2.45, 2.75) is 12.1 Å². The molecule has 7 nitrogen and oxygen atoms in total. The molecule has 1 fully saturated rings. The number of azide groups is 1. The zero-order valence-electron chi connectivity index (χ0n) is 6.95. The Labute approximate surface area is 75.4 Å². The molecule has 0 bridgehead atoms. The van der Waals surface area contributed by atoms with E-state index in [-0.39, 0.29) is 13.2 Å². The molecule has 74 valence electrons. The normalized spacial score (nSPS) is 28.4. The van der Waals surface area contributed by atoms with Gasteiger partial charge >= 0.3 is 0 Å². The summed E-state index contributed by atoms with van der Waals surface area (Å²) in [4.78, 5) is 2.57. The van der Waals surface area contributed by atoms with Crippen LogP contribution in [-0.4, -0.2) is 40.0 Å². The van der Waals surface area contributed by atoms with E-state index in [1.165, 1.54) is 0 Å². The average molecular weight is 207 g/mol. The summed E-state index contributed by atoms with van der Waals surface area (Å²) in [5.41, 5.74) is 8.14. The van der Waals surface area contributed by atoms with Gasteiger partial charge in [-0.2, -0.15) is 8.42 Å². The fourth-order valence-corrected chi connectivity index (χ4v) is 1.65. The third kappa shape index (κ3) is 3.19. The quantitative estimate of drug-likeness (QED) is 0.282. The molecular formula is C5H9N3O4S. The van der Waals surface area contributed by atoms with Gasteiger partial charge in [-0.3, -0.25) is 4.18 Å². The van der Waals surface area contributed by atoms with E-state index in [1.807, 2.05) is 0 Å². The second-order valence-corrected chi connectivity index (χ2v) is 4.25. The summed E-state index contributed by atoms with van der Waals surface area (Å²) in [6, 6.07) is -0.556. The molecular weight excluding hydrogens is 198 g/mol. The van der Waals surface area contributed by atoms with Gasteiger partial charge in [-0.25, -0.2) is 0 Å². The van der Waals surface area contributed by atoms with Crippen LogP contribution in [0.1, 0.15) is 0 Å². The second-order valence-electron chi connectivity index (χ2n) is 2.65. The minimum absolute atomic E-state index is 0.136. The molecule has 1 saturated heterocycles. The van der Waals surface area contributed by atoms with E-state index in [0.29, 0.717) is 0 Å². The molecule has 0 saturated carbocycles. The number of ether oxygens (including phenoxy) is 1. The molecule has 0 aliphatic carbocycles. The number of rotatable bonds is 3. The van der Waals surface area contributed by atoms with Crippen LogP contribution in [0.2, 0.25) is 0 Å². The lowest BCUT2D eigenvalue weighted by Gasteiger charge is -2.10. The highest BCUT2D eigenvalue weighted by atomic mass is 32.2. The van der Waals surface area contributed by atoms with Crippen molar-refractivity contribution in [3.8, 4) is 0 Å². The van der Waals surface area contributed by atoms with Gasteiger partial charge in [0, 0.05) is 4.91 Å². The van der Waals surface area contributed by atoms with Crippen molar-refractivity contribution in [1.82, 2.24) is 0 Å². The Hall–Kier alpha value is -0.820. The van der Waals surface area contributed by atoms with Gasteiger partial charge in [0.25, 0.3) is 10.1 Å². The van der Waals surface area contributed by atoms with E-state index in [0.717, 1.165) is 6.26 Å². The second kappa shape index (κ2) is 3.93. The highest BCUT2D eigenvalue weighted by molar-refractivity contribution is 7.86. The molecule has 0 unspecified atom stereocenters. The lowest BCUT2D eigenvalue weighted by Crippen LogP contribution is -2.27. The van der Waals surface area contributed by atoms with Gasteiger partial charge < -0.3 is 4.74 Å². The summed E-state index contributed by atoms with van der Waals surface area (Å²) in [7, 11) is -3.52. The molecule has 1 aliphatic rings. The summed E-state index contributed by atoms with van der Waals surface area (Å²) in [6.45, 7) is 0.334. The SMILES string of the molecule is CS(=O)(=O)O[C@H]1COC[C@@H]1N=[N+]=[N-]. The maximum absolute atomic E-state index is 10.7. The molecule has 2 atom stereocenters. The van der Waals surface area contributed by atoms with Crippen molar-refractivity contribution in [2.75, 3.05) is 19.5 Å². The molecule has 0 amide bonds. The maximum Gasteiger partial charge on any atom is 0.264 e. The van der Waals surface area contributed by atoms with Crippen molar-refractivity contribution in [3.05, 3.63) is 10.4 Å². The van der Waals surface area contributed by atoms with Gasteiger partial charge in [-0.15, -0.1) is 0 Å². The molecule has 0 N–H and O–H groups in total. The number of hydrogen-bond acceptors (Lipinski definition) is 5. The van der Waals surface area contributed by atoms with Gasteiger partial charge in [-0.1, -0.05) is 5.11 Å². The van der Waals surface area contributed by atoms with Gasteiger partial charge in [0.1, 0.15) is 6.10 Å². The zero-order valence-corrected chi connectivity index (χ0v) is 7.77. The Kier molecular flexibility index (Phi) is 3.10. The molecule has 1 heterocycles. The van der Waals surface area contributed by atoms with Crippen LogP contribution in [0.4, 0.5) is 0 Å². The minimum atomic E-state index is -3.52. The Morgan fingerprint density at radius 3 is 2.85 bits per heavy atom. The summed E-state index contributed by atoms with van der Waals surface area (Å²) in [6.07, 6.45) is 0.254. The monoisotopic (exact) mass is 207 g/mol. The fraction of sp³-hybridized carbons (Fsp3) is 1.00. The lowest BCUT2D eigenvalue weighted by atomic mass is 10.2. The maximum atomic E-state index is 10.7. The first kappa shape index (κ1) is 10.3. The van der Waals surface area contributed by atoms with Crippen molar-refractivity contribution >= 4 is 10.1 Å². The summed E-state index contributed by atoms with van der Waals surface area (Å²) in [5, 5.41) is 3.36. The standard InChI is InChI=1S/C5H9N3O4S/c1-13(9,10)12-5-3-11-2-4(5)7-8-6/h4-5H,2-3H2,1H3/t4-,5-/m0/s1. The van der Waals surface area contributed by atoms with Crippen LogP contribution in [0, 0.1) is 0 Å². The lowest BCUT2D eigenvalue weighted by molar-refractivity contribution is 0.145. The molecule has 13 heavy (non-hydrogen) atoms. The van der Waals surface area contributed by atoms with Gasteiger partial charge in [0.05, 0.1) is 25.5 Å². The number of nitrogens with zero attached hydrogens (tertiary/aromatic N) is 3. The van der Waals surface area contributed by atoms with Crippen molar-refractivity contribution in [2.24, 2.45) is 5.11 Å². The van der Waals surface area contributed by atoms with E-state index < -0.39 is 22.3 Å². The van der Waals surface area contributed by atoms with Gasteiger partial charge in [0.2, 0.25) is 0 Å². The molecule has 0 spiro atoms. The van der Waals surface area contributed by atoms with Crippen molar-refractivity contribution in [3.63, 3.8) is 0 Å². The molecule has 8 heteroatoms. The first-order valence-electron chi connectivity index (χ1n) is 3.53. The van der Waals surface area contributed by atoms with Crippen LogP contribution in [0.3, 0.4) is 0 Å². The van der Waals surface area contributed by atoms with Crippen LogP contribution in [0.25, 0.3) is 10.4 Å². The smallest absolute Gasteiger partial charge is 0.264 e. The molecule has 0 aromatic heterocycles. The Morgan fingerprint density at radius 1 is 1.62 bits per heavy atom. The summed E-state index contributed by atoms with van der Waals surface area (Å²) in [5.74, 6) is 0. The van der Waals surface area contributed by atoms with Crippen LogP contribution >= 0.6 is 0 Å². The fourth-order valence-electron chi connectivity index (χ4n) is 1.01. The Balaban J connectivity index is 2.64. The Morgan fingerprint density at radius 2 is 2.31 bits per heavy atom. The van der Waals surface area contributed by atoms with Crippen molar-refractivity contribution in [1.29, 1.82) is 0 Å². The van der Waals surface area contributed by atoms with E-state index in [2.05, 4.69) is 14.2 Å². The topological polar surface area (TPSA) is 101 Å². The predicted molar refractivity (Wildman–Crippen MR) is 43.5 cm³/mol. The zero-order chi connectivity index (χ0) is 9.90. The number of hydrogen-bond donors (Lipinski definition) is 0. The van der Waals surface area contributed by atoms with Crippen LogP contribution in [0.15, 0.2) is 5.11 Å². The first-order chi connectivity index (χ1) is 6.03. The van der Waals surface area contributed by atoms with Crippen LogP contribution in [0.5, 0.6) is 0 Å². The first-order valence-corrected chi connectivity index (χ1v) is 5.35. The highest BCUT2D eigenvalue weighted by Crippen LogP contribution is 2.15. The summed E-state index contributed by atoms with van der Waals surface area (Å²) >= 11 is 0. The molecule has 0 radical (unpaired) electrons. The van der Waals surface area contributed by atoms with E-state index in [9.17, 15) is 8.42 Å². The third-order valence-corrected chi connectivity index (χ3v) is 2.10. The van der Waals surface area contributed by atoms with Gasteiger partial charge in [0.15, 0.2) is 0 Å². The van der Waals surface area contributed by atoms with E-state index >= 15 is 0 Å². The predicted octanol–water partition coefficient (Wildman–Crippen LogP) is 0.0403. The third-order valence-electron chi connectivity index (χ3n) is 1.50. The Bertz CT molecular complexity index is 321. The highest BCUT2D eigenvalue weighted by Gasteiger charge is 2.31. The van der Waals surface area contributed by atoms with Crippen molar-refractivity contribution < 1.29 is 17.3 Å². The molecule has 1 aliphatic heterocycles. The van der Waals surface area contributed by atoms with E-state index in [1.54, 1.807) is 0 Å². The van der Waals surface area contributed by atoms with Crippen LogP contribution < -0.4 is 0 Å². The molecule has 0 aromatic carbocycles.